The minimum Gasteiger partial charge on any atom is -0.503 e. The Morgan fingerprint density at radius 3 is 2.52 bits per heavy atom. The van der Waals surface area contributed by atoms with Gasteiger partial charge in [-0.25, -0.2) is 9.37 Å². The van der Waals surface area contributed by atoms with E-state index in [1.165, 1.54) is 52.8 Å². The van der Waals surface area contributed by atoms with Crippen molar-refractivity contribution in [1.29, 1.82) is 0 Å². The Morgan fingerprint density at radius 2 is 1.86 bits per heavy atom. The SMILES string of the molecule is O=C(C=Cc1ccccc1)C1=C(O)C(=O)N(c2nccs2)C1c1ccc(F)cc1. The van der Waals surface area contributed by atoms with Gasteiger partial charge in [0.25, 0.3) is 5.91 Å². The first-order chi connectivity index (χ1) is 14.1. The maximum atomic E-state index is 13.4. The molecule has 0 saturated carbocycles. The summed E-state index contributed by atoms with van der Waals surface area (Å²) in [7, 11) is 0. The molecular weight excluding hydrogens is 391 g/mol. The number of rotatable bonds is 5. The lowest BCUT2D eigenvalue weighted by Gasteiger charge is -2.24. The van der Waals surface area contributed by atoms with Crippen LogP contribution in [0.1, 0.15) is 17.2 Å². The molecule has 1 unspecified atom stereocenters. The normalized spacial score (nSPS) is 16.8. The van der Waals surface area contributed by atoms with Crippen LogP contribution in [0, 0.1) is 5.82 Å². The molecule has 0 bridgehead atoms. The van der Waals surface area contributed by atoms with Crippen molar-refractivity contribution in [2.24, 2.45) is 0 Å². The predicted octanol–water partition coefficient (Wildman–Crippen LogP) is 4.46. The van der Waals surface area contributed by atoms with Gasteiger partial charge < -0.3 is 5.11 Å². The Morgan fingerprint density at radius 1 is 1.14 bits per heavy atom. The zero-order chi connectivity index (χ0) is 20.4. The van der Waals surface area contributed by atoms with Crippen molar-refractivity contribution in [3.05, 3.63) is 101 Å². The highest BCUT2D eigenvalue weighted by atomic mass is 32.1. The van der Waals surface area contributed by atoms with Crippen LogP contribution in [0.4, 0.5) is 9.52 Å². The molecule has 0 saturated heterocycles. The lowest BCUT2D eigenvalue weighted by Crippen LogP contribution is -2.30. The van der Waals surface area contributed by atoms with E-state index in [0.29, 0.717) is 10.7 Å². The number of hydrogen-bond donors (Lipinski definition) is 1. The highest BCUT2D eigenvalue weighted by molar-refractivity contribution is 7.13. The zero-order valence-corrected chi connectivity index (χ0v) is 15.8. The maximum Gasteiger partial charge on any atom is 0.296 e. The summed E-state index contributed by atoms with van der Waals surface area (Å²) in [6.45, 7) is 0. The number of carbonyl (C=O) groups is 2. The smallest absolute Gasteiger partial charge is 0.296 e. The van der Waals surface area contributed by atoms with Gasteiger partial charge in [-0.05, 0) is 29.3 Å². The van der Waals surface area contributed by atoms with Crippen molar-refractivity contribution in [1.82, 2.24) is 4.98 Å². The number of aromatic nitrogens is 1. The molecule has 29 heavy (non-hydrogen) atoms. The van der Waals surface area contributed by atoms with Gasteiger partial charge in [-0.1, -0.05) is 48.5 Å². The number of halogens is 1. The molecule has 144 valence electrons. The highest BCUT2D eigenvalue weighted by Gasteiger charge is 2.44. The molecule has 1 atom stereocenters. The van der Waals surface area contributed by atoms with Gasteiger partial charge in [0.2, 0.25) is 0 Å². The fraction of sp³-hybridized carbons (Fsp3) is 0.0455. The number of hydrogen-bond acceptors (Lipinski definition) is 5. The predicted molar refractivity (Wildman–Crippen MR) is 109 cm³/mol. The first kappa shape index (κ1) is 18.8. The van der Waals surface area contributed by atoms with Crippen LogP contribution < -0.4 is 4.90 Å². The van der Waals surface area contributed by atoms with E-state index in [0.717, 1.165) is 5.56 Å². The number of amides is 1. The van der Waals surface area contributed by atoms with Gasteiger partial charge in [0.05, 0.1) is 11.6 Å². The number of anilines is 1. The lowest BCUT2D eigenvalue weighted by atomic mass is 9.95. The zero-order valence-electron chi connectivity index (χ0n) is 15.0. The number of nitrogens with zero attached hydrogens (tertiary/aromatic N) is 2. The number of allylic oxidation sites excluding steroid dienone is 1. The summed E-state index contributed by atoms with van der Waals surface area (Å²) in [6, 6.07) is 13.8. The van der Waals surface area contributed by atoms with Crippen LogP contribution in [0.3, 0.4) is 0 Å². The third kappa shape index (κ3) is 3.60. The van der Waals surface area contributed by atoms with Crippen LogP contribution >= 0.6 is 11.3 Å². The van der Waals surface area contributed by atoms with E-state index in [-0.39, 0.29) is 5.57 Å². The lowest BCUT2D eigenvalue weighted by molar-refractivity contribution is -0.117. The second-order valence-electron chi connectivity index (χ2n) is 6.31. The first-order valence-electron chi connectivity index (χ1n) is 8.75. The van der Waals surface area contributed by atoms with Crippen LogP contribution in [0.2, 0.25) is 0 Å². The molecule has 0 radical (unpaired) electrons. The van der Waals surface area contributed by atoms with Crippen molar-refractivity contribution < 1.29 is 19.1 Å². The van der Waals surface area contributed by atoms with Gasteiger partial charge in [0.1, 0.15) is 5.82 Å². The fourth-order valence-corrected chi connectivity index (χ4v) is 3.84. The molecule has 7 heteroatoms. The van der Waals surface area contributed by atoms with E-state index in [4.69, 9.17) is 0 Å². The Hall–Kier alpha value is -3.58. The standard InChI is InChI=1S/C22H15FN2O3S/c23-16-9-7-15(8-10-16)19-18(17(26)11-6-14-4-2-1-3-5-14)20(27)21(28)25(19)22-24-12-13-29-22/h1-13,19,27H. The van der Waals surface area contributed by atoms with E-state index < -0.39 is 29.3 Å². The number of thiazole rings is 1. The van der Waals surface area contributed by atoms with Crippen molar-refractivity contribution in [3.8, 4) is 0 Å². The molecule has 1 aliphatic heterocycles. The summed E-state index contributed by atoms with van der Waals surface area (Å²) < 4.78 is 13.4. The molecule has 1 amide bonds. The first-order valence-corrected chi connectivity index (χ1v) is 9.63. The topological polar surface area (TPSA) is 70.5 Å². The minimum absolute atomic E-state index is 0.0658. The second kappa shape index (κ2) is 7.81. The minimum atomic E-state index is -0.901. The van der Waals surface area contributed by atoms with Crippen molar-refractivity contribution in [3.63, 3.8) is 0 Å². The number of ketones is 1. The van der Waals surface area contributed by atoms with E-state index in [1.54, 1.807) is 11.5 Å². The summed E-state index contributed by atoms with van der Waals surface area (Å²) in [4.78, 5) is 31.2. The molecule has 2 aromatic carbocycles. The number of benzene rings is 2. The molecular formula is C22H15FN2O3S. The largest absolute Gasteiger partial charge is 0.503 e. The molecule has 1 aromatic heterocycles. The molecule has 1 N–H and O–H groups in total. The van der Waals surface area contributed by atoms with E-state index in [2.05, 4.69) is 4.98 Å². The van der Waals surface area contributed by atoms with Crippen LogP contribution in [0.15, 0.2) is 83.6 Å². The van der Waals surface area contributed by atoms with Crippen LogP contribution in [0.5, 0.6) is 0 Å². The van der Waals surface area contributed by atoms with Crippen LogP contribution in [-0.2, 0) is 9.59 Å². The monoisotopic (exact) mass is 406 g/mol. The fourth-order valence-electron chi connectivity index (χ4n) is 3.18. The molecule has 3 aromatic rings. The van der Waals surface area contributed by atoms with Gasteiger partial charge in [-0.3, -0.25) is 14.5 Å². The third-order valence-electron chi connectivity index (χ3n) is 4.51. The average Bonchev–Trinajstić information content (AvgIpc) is 3.35. The molecule has 0 aliphatic carbocycles. The van der Waals surface area contributed by atoms with Crippen LogP contribution in [-0.4, -0.2) is 21.8 Å². The van der Waals surface area contributed by atoms with E-state index in [9.17, 15) is 19.1 Å². The number of aliphatic hydroxyl groups is 1. The summed E-state index contributed by atoms with van der Waals surface area (Å²) >= 11 is 1.20. The highest BCUT2D eigenvalue weighted by Crippen LogP contribution is 2.41. The molecule has 5 nitrogen and oxygen atoms in total. The summed E-state index contributed by atoms with van der Waals surface area (Å²) in [5.41, 5.74) is 1.24. The molecule has 2 heterocycles. The molecule has 0 fully saturated rings. The second-order valence-corrected chi connectivity index (χ2v) is 7.19. The summed E-state index contributed by atoms with van der Waals surface area (Å²) in [5.74, 6) is -2.29. The summed E-state index contributed by atoms with van der Waals surface area (Å²) in [6.07, 6.45) is 4.46. The van der Waals surface area contributed by atoms with Crippen molar-refractivity contribution in [2.75, 3.05) is 4.90 Å². The Bertz CT molecular complexity index is 1110. The summed E-state index contributed by atoms with van der Waals surface area (Å²) in [5, 5.41) is 12.5. The Kier molecular flexibility index (Phi) is 5.05. The average molecular weight is 406 g/mol. The van der Waals surface area contributed by atoms with Gasteiger partial charge in [0.15, 0.2) is 16.7 Å². The molecule has 1 aliphatic rings. The Labute approximate surface area is 170 Å². The van der Waals surface area contributed by atoms with Crippen molar-refractivity contribution >= 4 is 34.2 Å². The number of carbonyl (C=O) groups excluding carboxylic acids is 2. The third-order valence-corrected chi connectivity index (χ3v) is 5.28. The van der Waals surface area contributed by atoms with Gasteiger partial charge >= 0.3 is 0 Å². The van der Waals surface area contributed by atoms with Crippen molar-refractivity contribution in [2.45, 2.75) is 6.04 Å². The van der Waals surface area contributed by atoms with Gasteiger partial charge in [-0.2, -0.15) is 0 Å². The Balaban J connectivity index is 1.77. The van der Waals surface area contributed by atoms with Gasteiger partial charge in [0, 0.05) is 11.6 Å². The van der Waals surface area contributed by atoms with Gasteiger partial charge in [-0.15, -0.1) is 11.3 Å². The van der Waals surface area contributed by atoms with E-state index >= 15 is 0 Å². The quantitative estimate of drug-likeness (QED) is 0.635. The molecule has 4 rings (SSSR count). The molecule has 0 spiro atoms. The van der Waals surface area contributed by atoms with E-state index in [1.807, 2.05) is 30.3 Å². The van der Waals surface area contributed by atoms with Crippen LogP contribution in [0.25, 0.3) is 6.08 Å². The maximum absolute atomic E-state index is 13.4. The number of aliphatic hydroxyl groups excluding tert-OH is 1.